The molecule has 0 unspecified atom stereocenters. The number of nitrogens with zero attached hydrogens (tertiary/aromatic N) is 2. The first kappa shape index (κ1) is 17.8. The van der Waals surface area contributed by atoms with Gasteiger partial charge in [0.2, 0.25) is 0 Å². The zero-order valence-electron chi connectivity index (χ0n) is 14.2. The van der Waals surface area contributed by atoms with Crippen molar-refractivity contribution >= 4 is 23.7 Å². The maximum atomic E-state index is 11.9. The standard InChI is InChI=1S/C20H16N4O3/c25-19(20(26)24-22-14-16-6-4-5-13-21-16)23-15-9-11-18(12-10-15)27-17-7-2-1-3-8-17/h1-14H,(H,23,25)(H,24,26)/b22-14-. The zero-order chi connectivity index (χ0) is 18.9. The summed E-state index contributed by atoms with van der Waals surface area (Å²) in [4.78, 5) is 27.7. The van der Waals surface area contributed by atoms with E-state index >= 15 is 0 Å². The van der Waals surface area contributed by atoms with Gasteiger partial charge in [0.1, 0.15) is 11.5 Å². The van der Waals surface area contributed by atoms with E-state index < -0.39 is 11.8 Å². The Balaban J connectivity index is 1.51. The largest absolute Gasteiger partial charge is 0.457 e. The molecule has 3 rings (SSSR count). The third kappa shape index (κ3) is 5.50. The van der Waals surface area contributed by atoms with E-state index in [9.17, 15) is 9.59 Å². The molecule has 1 heterocycles. The summed E-state index contributed by atoms with van der Waals surface area (Å²) in [5.41, 5.74) is 3.17. The summed E-state index contributed by atoms with van der Waals surface area (Å²) in [5.74, 6) is -0.389. The third-order valence-electron chi connectivity index (χ3n) is 3.35. The number of anilines is 1. The van der Waals surface area contributed by atoms with Gasteiger partial charge in [-0.25, -0.2) is 5.43 Å². The number of amides is 2. The summed E-state index contributed by atoms with van der Waals surface area (Å²) in [6.07, 6.45) is 2.95. The molecule has 0 saturated heterocycles. The number of aromatic nitrogens is 1. The average molecular weight is 360 g/mol. The minimum Gasteiger partial charge on any atom is -0.457 e. The number of carbonyl (C=O) groups is 2. The van der Waals surface area contributed by atoms with Crippen molar-refractivity contribution in [1.82, 2.24) is 10.4 Å². The van der Waals surface area contributed by atoms with Gasteiger partial charge in [0.05, 0.1) is 11.9 Å². The number of hydrogen-bond donors (Lipinski definition) is 2. The van der Waals surface area contributed by atoms with Crippen LogP contribution >= 0.6 is 0 Å². The Hall–Kier alpha value is -4.00. The van der Waals surface area contributed by atoms with Gasteiger partial charge in [0.25, 0.3) is 0 Å². The van der Waals surface area contributed by atoms with Crippen LogP contribution in [0.25, 0.3) is 0 Å². The Bertz CT molecular complexity index is 926. The van der Waals surface area contributed by atoms with Crippen molar-refractivity contribution < 1.29 is 14.3 Å². The van der Waals surface area contributed by atoms with Crippen LogP contribution in [-0.4, -0.2) is 23.0 Å². The summed E-state index contributed by atoms with van der Waals surface area (Å²) in [6, 6.07) is 21.3. The van der Waals surface area contributed by atoms with Crippen LogP contribution in [0.4, 0.5) is 5.69 Å². The smallest absolute Gasteiger partial charge is 0.329 e. The number of carbonyl (C=O) groups excluding carboxylic acids is 2. The van der Waals surface area contributed by atoms with Gasteiger partial charge in [0.15, 0.2) is 0 Å². The monoisotopic (exact) mass is 360 g/mol. The first-order valence-electron chi connectivity index (χ1n) is 8.09. The summed E-state index contributed by atoms with van der Waals surface area (Å²) >= 11 is 0. The van der Waals surface area contributed by atoms with Crippen LogP contribution in [0.5, 0.6) is 11.5 Å². The summed E-state index contributed by atoms with van der Waals surface area (Å²) < 4.78 is 5.66. The van der Waals surface area contributed by atoms with Crippen molar-refractivity contribution in [2.24, 2.45) is 5.10 Å². The lowest BCUT2D eigenvalue weighted by molar-refractivity contribution is -0.136. The molecule has 0 saturated carbocycles. The van der Waals surface area contributed by atoms with E-state index in [4.69, 9.17) is 4.74 Å². The lowest BCUT2D eigenvalue weighted by atomic mass is 10.3. The molecule has 7 nitrogen and oxygen atoms in total. The van der Waals surface area contributed by atoms with Gasteiger partial charge < -0.3 is 10.1 Å². The number of pyridine rings is 1. The van der Waals surface area contributed by atoms with Gasteiger partial charge in [-0.3, -0.25) is 14.6 Å². The second kappa shape index (κ2) is 8.91. The third-order valence-corrected chi connectivity index (χ3v) is 3.35. The summed E-state index contributed by atoms with van der Waals surface area (Å²) in [6.45, 7) is 0. The van der Waals surface area contributed by atoms with Gasteiger partial charge >= 0.3 is 11.8 Å². The van der Waals surface area contributed by atoms with Crippen LogP contribution in [-0.2, 0) is 9.59 Å². The first-order valence-corrected chi connectivity index (χ1v) is 8.09. The maximum Gasteiger partial charge on any atom is 0.329 e. The second-order valence-electron chi connectivity index (χ2n) is 5.35. The van der Waals surface area contributed by atoms with E-state index in [2.05, 4.69) is 20.8 Å². The van der Waals surface area contributed by atoms with Crippen molar-refractivity contribution in [2.45, 2.75) is 0 Å². The van der Waals surface area contributed by atoms with Gasteiger partial charge in [0, 0.05) is 11.9 Å². The molecule has 7 heteroatoms. The number of hydrazone groups is 1. The molecule has 27 heavy (non-hydrogen) atoms. The molecule has 0 aliphatic carbocycles. The number of nitrogens with one attached hydrogen (secondary N) is 2. The Morgan fingerprint density at radius 2 is 1.56 bits per heavy atom. The van der Waals surface area contributed by atoms with Crippen LogP contribution in [0.15, 0.2) is 84.1 Å². The molecule has 3 aromatic rings. The Morgan fingerprint density at radius 1 is 0.852 bits per heavy atom. The number of rotatable bonds is 5. The highest BCUT2D eigenvalue weighted by molar-refractivity contribution is 6.39. The van der Waals surface area contributed by atoms with E-state index in [-0.39, 0.29) is 0 Å². The fourth-order valence-corrected chi connectivity index (χ4v) is 2.08. The Morgan fingerprint density at radius 3 is 2.26 bits per heavy atom. The van der Waals surface area contributed by atoms with Gasteiger partial charge in [-0.2, -0.15) is 5.10 Å². The van der Waals surface area contributed by atoms with Crippen molar-refractivity contribution in [2.75, 3.05) is 5.32 Å². The van der Waals surface area contributed by atoms with Crippen molar-refractivity contribution in [3.05, 3.63) is 84.7 Å². The SMILES string of the molecule is O=C(N/N=C\c1ccccn1)C(=O)Nc1ccc(Oc2ccccc2)cc1. The number of hydrogen-bond acceptors (Lipinski definition) is 5. The molecular weight excluding hydrogens is 344 g/mol. The number of benzene rings is 2. The minimum atomic E-state index is -0.883. The highest BCUT2D eigenvalue weighted by Crippen LogP contribution is 2.22. The fourth-order valence-electron chi connectivity index (χ4n) is 2.08. The molecule has 0 bridgehead atoms. The van der Waals surface area contributed by atoms with Crippen LogP contribution in [0.1, 0.15) is 5.69 Å². The molecule has 0 spiro atoms. The molecule has 0 fully saturated rings. The van der Waals surface area contributed by atoms with Gasteiger partial charge in [-0.15, -0.1) is 0 Å². The predicted molar refractivity (Wildman–Crippen MR) is 102 cm³/mol. The summed E-state index contributed by atoms with van der Waals surface area (Å²) in [7, 11) is 0. The molecule has 1 aromatic heterocycles. The molecular formula is C20H16N4O3. The molecule has 0 aliphatic heterocycles. The Kier molecular flexibility index (Phi) is 5.88. The molecule has 2 aromatic carbocycles. The molecule has 0 radical (unpaired) electrons. The van der Waals surface area contributed by atoms with E-state index in [0.29, 0.717) is 22.9 Å². The quantitative estimate of drug-likeness (QED) is 0.416. The topological polar surface area (TPSA) is 92.7 Å². The Labute approximate surface area is 155 Å². The second-order valence-corrected chi connectivity index (χ2v) is 5.35. The number of ether oxygens (including phenoxy) is 1. The fraction of sp³-hybridized carbons (Fsp3) is 0. The van der Waals surface area contributed by atoms with Crippen LogP contribution < -0.4 is 15.5 Å². The molecule has 134 valence electrons. The summed E-state index contributed by atoms with van der Waals surface area (Å²) in [5, 5.41) is 6.18. The zero-order valence-corrected chi connectivity index (χ0v) is 14.2. The van der Waals surface area contributed by atoms with E-state index in [1.807, 2.05) is 30.3 Å². The van der Waals surface area contributed by atoms with E-state index in [0.717, 1.165) is 0 Å². The van der Waals surface area contributed by atoms with Crippen LogP contribution in [0, 0.1) is 0 Å². The van der Waals surface area contributed by atoms with Crippen LogP contribution in [0.2, 0.25) is 0 Å². The predicted octanol–water partition coefficient (Wildman–Crippen LogP) is 2.96. The van der Waals surface area contributed by atoms with Gasteiger partial charge in [-0.1, -0.05) is 24.3 Å². The number of para-hydroxylation sites is 1. The average Bonchev–Trinajstić information content (AvgIpc) is 2.71. The van der Waals surface area contributed by atoms with Gasteiger partial charge in [-0.05, 0) is 48.5 Å². The molecule has 2 amide bonds. The van der Waals surface area contributed by atoms with Crippen molar-refractivity contribution in [3.63, 3.8) is 0 Å². The normalized spacial score (nSPS) is 10.4. The lowest BCUT2D eigenvalue weighted by Crippen LogP contribution is -2.32. The highest BCUT2D eigenvalue weighted by atomic mass is 16.5. The highest BCUT2D eigenvalue weighted by Gasteiger charge is 2.12. The van der Waals surface area contributed by atoms with E-state index in [1.54, 1.807) is 48.7 Å². The lowest BCUT2D eigenvalue weighted by Gasteiger charge is -2.07. The van der Waals surface area contributed by atoms with Crippen LogP contribution in [0.3, 0.4) is 0 Å². The molecule has 0 atom stereocenters. The molecule has 0 aliphatic rings. The first-order chi connectivity index (χ1) is 13.2. The van der Waals surface area contributed by atoms with E-state index in [1.165, 1.54) is 6.21 Å². The van der Waals surface area contributed by atoms with Crippen molar-refractivity contribution in [3.8, 4) is 11.5 Å². The maximum absolute atomic E-state index is 11.9. The van der Waals surface area contributed by atoms with Crippen molar-refractivity contribution in [1.29, 1.82) is 0 Å². The minimum absolute atomic E-state index is 0.462. The molecule has 2 N–H and O–H groups in total.